The van der Waals surface area contributed by atoms with Crippen molar-refractivity contribution in [3.8, 4) is 0 Å². The molecule has 2 fully saturated rings. The lowest BCUT2D eigenvalue weighted by Crippen LogP contribution is -2.31. The largest absolute Gasteiger partial charge is 0.358 e. The Morgan fingerprint density at radius 1 is 1.27 bits per heavy atom. The Morgan fingerprint density at radius 2 is 1.87 bits per heavy atom. The van der Waals surface area contributed by atoms with E-state index < -0.39 is 0 Å². The van der Waals surface area contributed by atoms with Crippen molar-refractivity contribution in [2.24, 2.45) is 17.3 Å². The number of hydrogen-bond donors (Lipinski definition) is 1. The van der Waals surface area contributed by atoms with Crippen LogP contribution in [0.4, 0.5) is 0 Å². The summed E-state index contributed by atoms with van der Waals surface area (Å²) in [5.74, 6) is 1.93. The summed E-state index contributed by atoms with van der Waals surface area (Å²) >= 11 is 0. The van der Waals surface area contributed by atoms with E-state index in [1.54, 1.807) is 0 Å². The summed E-state index contributed by atoms with van der Waals surface area (Å²) < 4.78 is 0. The van der Waals surface area contributed by atoms with Gasteiger partial charge in [0.25, 0.3) is 0 Å². The third kappa shape index (κ3) is 2.19. The van der Waals surface area contributed by atoms with E-state index in [-0.39, 0.29) is 0 Å². The van der Waals surface area contributed by atoms with E-state index in [1.807, 2.05) is 0 Å². The van der Waals surface area contributed by atoms with Gasteiger partial charge in [0.05, 0.1) is 0 Å². The monoisotopic (exact) mass is 209 g/mol. The maximum Gasteiger partial charge on any atom is 0.207 e. The van der Waals surface area contributed by atoms with Gasteiger partial charge in [-0.1, -0.05) is 32.6 Å². The zero-order chi connectivity index (χ0) is 10.7. The number of rotatable bonds is 4. The van der Waals surface area contributed by atoms with Crippen molar-refractivity contribution in [3.05, 3.63) is 0 Å². The Bertz CT molecular complexity index is 213. The summed E-state index contributed by atoms with van der Waals surface area (Å²) in [6, 6.07) is 0. The van der Waals surface area contributed by atoms with Crippen LogP contribution in [0.5, 0.6) is 0 Å². The van der Waals surface area contributed by atoms with Gasteiger partial charge in [-0.2, -0.15) is 0 Å². The summed E-state index contributed by atoms with van der Waals surface area (Å²) in [7, 11) is 0. The predicted octanol–water partition coefficient (Wildman–Crippen LogP) is 2.73. The van der Waals surface area contributed by atoms with E-state index in [2.05, 4.69) is 12.2 Å². The number of carbonyl (C=O) groups is 1. The van der Waals surface area contributed by atoms with Crippen molar-refractivity contribution < 1.29 is 4.79 Å². The number of carbonyl (C=O) groups excluding carboxylic acids is 1. The molecule has 0 heterocycles. The lowest BCUT2D eigenvalue weighted by molar-refractivity contribution is -0.110. The Balaban J connectivity index is 1.99. The van der Waals surface area contributed by atoms with Crippen LogP contribution in [-0.2, 0) is 4.79 Å². The lowest BCUT2D eigenvalue weighted by atomic mass is 9.82. The molecule has 0 aromatic heterocycles. The minimum Gasteiger partial charge on any atom is -0.358 e. The molecule has 0 aliphatic heterocycles. The Kier molecular flexibility index (Phi) is 3.32. The average molecular weight is 209 g/mol. The molecule has 3 atom stereocenters. The molecule has 15 heavy (non-hydrogen) atoms. The molecule has 0 aromatic carbocycles. The molecule has 2 nitrogen and oxygen atoms in total. The molecule has 1 amide bonds. The van der Waals surface area contributed by atoms with E-state index in [0.29, 0.717) is 5.41 Å². The van der Waals surface area contributed by atoms with E-state index in [9.17, 15) is 4.79 Å². The van der Waals surface area contributed by atoms with Gasteiger partial charge in [0, 0.05) is 6.54 Å². The van der Waals surface area contributed by atoms with Crippen LogP contribution in [0, 0.1) is 17.3 Å². The van der Waals surface area contributed by atoms with E-state index in [1.165, 1.54) is 44.9 Å². The fraction of sp³-hybridized carbons (Fsp3) is 0.923. The first-order valence-electron chi connectivity index (χ1n) is 6.47. The first kappa shape index (κ1) is 11.0. The molecular weight excluding hydrogens is 186 g/mol. The second kappa shape index (κ2) is 4.54. The average Bonchev–Trinajstić information content (AvgIpc) is 2.65. The highest BCUT2D eigenvalue weighted by Crippen LogP contribution is 2.52. The van der Waals surface area contributed by atoms with E-state index in [4.69, 9.17) is 0 Å². The molecule has 1 N–H and O–H groups in total. The van der Waals surface area contributed by atoms with Crippen LogP contribution >= 0.6 is 0 Å². The molecular formula is C13H23NO. The highest BCUT2D eigenvalue weighted by molar-refractivity contribution is 5.46. The van der Waals surface area contributed by atoms with Crippen LogP contribution in [0.25, 0.3) is 0 Å². The molecule has 2 aliphatic rings. The van der Waals surface area contributed by atoms with Crippen molar-refractivity contribution >= 4 is 6.41 Å². The minimum atomic E-state index is 0.431. The standard InChI is InChI=1S/C13H23NO/c1-2-13(9-14-10-15)7-11-5-3-4-6-12(11)8-13/h10-12H,2-9H2,1H3,(H,14,15)/t11-,12+,13?. The minimum absolute atomic E-state index is 0.431. The van der Waals surface area contributed by atoms with Gasteiger partial charge < -0.3 is 5.32 Å². The summed E-state index contributed by atoms with van der Waals surface area (Å²) in [6.45, 7) is 3.18. The molecule has 0 bridgehead atoms. The van der Waals surface area contributed by atoms with Gasteiger partial charge in [0.2, 0.25) is 6.41 Å². The summed E-state index contributed by atoms with van der Waals surface area (Å²) in [4.78, 5) is 10.4. The second-order valence-electron chi connectivity index (χ2n) is 5.57. The van der Waals surface area contributed by atoms with E-state index in [0.717, 1.165) is 24.8 Å². The Hall–Kier alpha value is -0.530. The number of amides is 1. The third-order valence-electron chi connectivity index (χ3n) is 4.77. The van der Waals surface area contributed by atoms with Crippen LogP contribution in [0.2, 0.25) is 0 Å². The molecule has 2 heteroatoms. The molecule has 0 saturated heterocycles. The maximum absolute atomic E-state index is 10.4. The maximum atomic E-state index is 10.4. The quantitative estimate of drug-likeness (QED) is 0.709. The summed E-state index contributed by atoms with van der Waals surface area (Å²) in [5.41, 5.74) is 0.431. The van der Waals surface area contributed by atoms with Crippen molar-refractivity contribution in [2.45, 2.75) is 51.9 Å². The summed E-state index contributed by atoms with van der Waals surface area (Å²) in [5, 5.41) is 2.91. The molecule has 0 radical (unpaired) electrons. The molecule has 0 spiro atoms. The van der Waals surface area contributed by atoms with Crippen LogP contribution in [0.1, 0.15) is 51.9 Å². The van der Waals surface area contributed by atoms with Gasteiger partial charge in [-0.25, -0.2) is 0 Å². The van der Waals surface area contributed by atoms with Gasteiger partial charge in [-0.05, 0) is 36.5 Å². The lowest BCUT2D eigenvalue weighted by Gasteiger charge is -2.27. The fourth-order valence-corrected chi connectivity index (χ4v) is 3.83. The van der Waals surface area contributed by atoms with Crippen LogP contribution in [0.15, 0.2) is 0 Å². The highest BCUT2D eigenvalue weighted by Gasteiger charge is 2.44. The van der Waals surface area contributed by atoms with E-state index >= 15 is 0 Å². The molecule has 86 valence electrons. The highest BCUT2D eigenvalue weighted by atomic mass is 16.1. The smallest absolute Gasteiger partial charge is 0.207 e. The topological polar surface area (TPSA) is 29.1 Å². The molecule has 2 rings (SSSR count). The Labute approximate surface area is 92.8 Å². The SMILES string of the molecule is CCC1(CNC=O)C[C@H]2CCCC[C@H]2C1. The van der Waals surface area contributed by atoms with Crippen LogP contribution in [0.3, 0.4) is 0 Å². The molecule has 0 aromatic rings. The van der Waals surface area contributed by atoms with Gasteiger partial charge in [0.15, 0.2) is 0 Å². The zero-order valence-electron chi connectivity index (χ0n) is 9.80. The van der Waals surface area contributed by atoms with Crippen molar-refractivity contribution in [1.29, 1.82) is 0 Å². The van der Waals surface area contributed by atoms with Crippen LogP contribution < -0.4 is 5.32 Å². The predicted molar refractivity (Wildman–Crippen MR) is 61.5 cm³/mol. The number of fused-ring (bicyclic) bond motifs is 1. The first-order chi connectivity index (χ1) is 7.29. The van der Waals surface area contributed by atoms with Gasteiger partial charge >= 0.3 is 0 Å². The van der Waals surface area contributed by atoms with Crippen molar-refractivity contribution in [3.63, 3.8) is 0 Å². The first-order valence-corrected chi connectivity index (χ1v) is 6.47. The Morgan fingerprint density at radius 3 is 2.33 bits per heavy atom. The van der Waals surface area contributed by atoms with Crippen molar-refractivity contribution in [2.75, 3.05) is 6.54 Å². The number of hydrogen-bond acceptors (Lipinski definition) is 1. The van der Waals surface area contributed by atoms with Gasteiger partial charge in [-0.3, -0.25) is 4.79 Å². The third-order valence-corrected chi connectivity index (χ3v) is 4.77. The van der Waals surface area contributed by atoms with Crippen molar-refractivity contribution in [1.82, 2.24) is 5.32 Å². The molecule has 1 unspecified atom stereocenters. The molecule has 2 aliphatic carbocycles. The normalized spacial score (nSPS) is 39.8. The fourth-order valence-electron chi connectivity index (χ4n) is 3.83. The summed E-state index contributed by atoms with van der Waals surface area (Å²) in [6.07, 6.45) is 10.5. The van der Waals surface area contributed by atoms with Gasteiger partial charge in [-0.15, -0.1) is 0 Å². The molecule has 2 saturated carbocycles. The zero-order valence-corrected chi connectivity index (χ0v) is 9.80. The van der Waals surface area contributed by atoms with Gasteiger partial charge in [0.1, 0.15) is 0 Å². The van der Waals surface area contributed by atoms with Crippen LogP contribution in [-0.4, -0.2) is 13.0 Å². The number of nitrogens with one attached hydrogen (secondary N) is 1. The second-order valence-corrected chi connectivity index (χ2v) is 5.57.